The predicted molar refractivity (Wildman–Crippen MR) is 69.6 cm³/mol. The molecular formula is C15H22O2. The fourth-order valence-electron chi connectivity index (χ4n) is 1.42. The molecule has 0 heterocycles. The van der Waals surface area contributed by atoms with Crippen molar-refractivity contribution in [3.05, 3.63) is 35.9 Å². The zero-order valence-electron chi connectivity index (χ0n) is 11.4. The maximum Gasteiger partial charge on any atom is 0.309 e. The summed E-state index contributed by atoms with van der Waals surface area (Å²) in [6.07, 6.45) is -0.187. The minimum absolute atomic E-state index is 0.0620. The lowest BCUT2D eigenvalue weighted by Crippen LogP contribution is -2.28. The van der Waals surface area contributed by atoms with E-state index in [1.165, 1.54) is 0 Å². The molecule has 2 nitrogen and oxygen atoms in total. The second-order valence-corrected chi connectivity index (χ2v) is 5.58. The molecule has 94 valence electrons. The molecule has 2 heteroatoms. The summed E-state index contributed by atoms with van der Waals surface area (Å²) in [5, 5.41) is 0. The number of carbonyl (C=O) groups is 1. The summed E-state index contributed by atoms with van der Waals surface area (Å²) in [7, 11) is 0. The molecule has 17 heavy (non-hydrogen) atoms. The first-order valence-corrected chi connectivity index (χ1v) is 6.08. The number of benzene rings is 1. The van der Waals surface area contributed by atoms with Gasteiger partial charge in [0.15, 0.2) is 0 Å². The molecule has 1 rings (SSSR count). The van der Waals surface area contributed by atoms with Gasteiger partial charge in [-0.3, -0.25) is 4.79 Å². The third kappa shape index (κ3) is 3.88. The lowest BCUT2D eigenvalue weighted by Gasteiger charge is -2.26. The van der Waals surface area contributed by atoms with Crippen LogP contribution in [0.15, 0.2) is 30.3 Å². The quantitative estimate of drug-likeness (QED) is 0.740. The third-order valence-corrected chi connectivity index (χ3v) is 3.21. The van der Waals surface area contributed by atoms with Crippen molar-refractivity contribution in [1.29, 1.82) is 0 Å². The van der Waals surface area contributed by atoms with Crippen LogP contribution in [-0.2, 0) is 9.53 Å². The van der Waals surface area contributed by atoms with Gasteiger partial charge in [0.1, 0.15) is 6.10 Å². The van der Waals surface area contributed by atoms with Crippen molar-refractivity contribution in [2.24, 2.45) is 11.3 Å². The molecule has 0 bridgehead atoms. The van der Waals surface area contributed by atoms with Crippen molar-refractivity contribution < 1.29 is 9.53 Å². The monoisotopic (exact) mass is 234 g/mol. The van der Waals surface area contributed by atoms with Crippen LogP contribution in [0.4, 0.5) is 0 Å². The first kappa shape index (κ1) is 13.8. The Hall–Kier alpha value is -1.31. The molecule has 1 aromatic carbocycles. The van der Waals surface area contributed by atoms with Crippen molar-refractivity contribution in [3.8, 4) is 0 Å². The number of ether oxygens (including phenoxy) is 1. The van der Waals surface area contributed by atoms with Crippen LogP contribution in [0.3, 0.4) is 0 Å². The maximum absolute atomic E-state index is 12.0. The van der Waals surface area contributed by atoms with Crippen molar-refractivity contribution in [3.63, 3.8) is 0 Å². The zero-order valence-corrected chi connectivity index (χ0v) is 11.4. The van der Waals surface area contributed by atoms with Gasteiger partial charge >= 0.3 is 5.97 Å². The Kier molecular flexibility index (Phi) is 4.33. The predicted octanol–water partition coefficient (Wildman–Crippen LogP) is 3.97. The Balaban J connectivity index is 2.64. The molecule has 0 aliphatic carbocycles. The van der Waals surface area contributed by atoms with Gasteiger partial charge in [0.25, 0.3) is 0 Å². The SMILES string of the molecule is CC(OC(=O)C(C)C(C)(C)C)c1ccccc1. The summed E-state index contributed by atoms with van der Waals surface area (Å²) in [6.45, 7) is 9.97. The number of hydrogen-bond donors (Lipinski definition) is 0. The lowest BCUT2D eigenvalue weighted by atomic mass is 9.82. The Bertz CT molecular complexity index is 362. The van der Waals surface area contributed by atoms with Gasteiger partial charge in [-0.2, -0.15) is 0 Å². The highest BCUT2D eigenvalue weighted by molar-refractivity contribution is 5.73. The lowest BCUT2D eigenvalue weighted by molar-refractivity contribution is -0.156. The van der Waals surface area contributed by atoms with Crippen LogP contribution in [0.25, 0.3) is 0 Å². The van der Waals surface area contributed by atoms with E-state index in [0.717, 1.165) is 5.56 Å². The number of hydrogen-bond acceptors (Lipinski definition) is 2. The summed E-state index contributed by atoms with van der Waals surface area (Å²) in [5.74, 6) is -0.234. The van der Waals surface area contributed by atoms with Crippen LogP contribution in [-0.4, -0.2) is 5.97 Å². The standard InChI is InChI=1S/C15H22O2/c1-11(15(3,4)5)14(16)17-12(2)13-9-7-6-8-10-13/h6-12H,1-5H3. The first-order valence-electron chi connectivity index (χ1n) is 6.08. The zero-order chi connectivity index (χ0) is 13.1. The fourth-order valence-corrected chi connectivity index (χ4v) is 1.42. The molecule has 0 N–H and O–H groups in total. The van der Waals surface area contributed by atoms with E-state index in [2.05, 4.69) is 0 Å². The molecule has 0 spiro atoms. The number of esters is 1. The fraction of sp³-hybridized carbons (Fsp3) is 0.533. The van der Waals surface area contributed by atoms with E-state index in [0.29, 0.717) is 0 Å². The molecule has 0 fully saturated rings. The molecular weight excluding hydrogens is 212 g/mol. The molecule has 0 aromatic heterocycles. The van der Waals surface area contributed by atoms with E-state index < -0.39 is 0 Å². The van der Waals surface area contributed by atoms with Gasteiger partial charge in [-0.25, -0.2) is 0 Å². The molecule has 0 amide bonds. The summed E-state index contributed by atoms with van der Waals surface area (Å²) < 4.78 is 5.49. The minimum atomic E-state index is -0.187. The summed E-state index contributed by atoms with van der Waals surface area (Å²) in [4.78, 5) is 12.0. The molecule has 0 saturated carbocycles. The molecule has 0 aliphatic heterocycles. The van der Waals surface area contributed by atoms with Gasteiger partial charge in [-0.05, 0) is 17.9 Å². The molecule has 1 aromatic rings. The van der Waals surface area contributed by atoms with Crippen molar-refractivity contribution >= 4 is 5.97 Å². The molecule has 0 radical (unpaired) electrons. The first-order chi connectivity index (χ1) is 7.82. The van der Waals surface area contributed by atoms with Gasteiger partial charge in [0, 0.05) is 0 Å². The van der Waals surface area contributed by atoms with Crippen molar-refractivity contribution in [2.45, 2.75) is 40.7 Å². The van der Waals surface area contributed by atoms with Gasteiger partial charge in [-0.15, -0.1) is 0 Å². The minimum Gasteiger partial charge on any atom is -0.458 e. The van der Waals surface area contributed by atoms with Crippen molar-refractivity contribution in [1.82, 2.24) is 0 Å². The summed E-state index contributed by atoms with van der Waals surface area (Å²) >= 11 is 0. The number of carbonyl (C=O) groups excluding carboxylic acids is 1. The Labute approximate surface area is 104 Å². The van der Waals surface area contributed by atoms with Crippen molar-refractivity contribution in [2.75, 3.05) is 0 Å². The molecule has 2 unspecified atom stereocenters. The van der Waals surface area contributed by atoms with Crippen LogP contribution in [0.2, 0.25) is 0 Å². The van der Waals surface area contributed by atoms with E-state index in [9.17, 15) is 4.79 Å². The van der Waals surface area contributed by atoms with Crippen LogP contribution in [0.5, 0.6) is 0 Å². The second kappa shape index (κ2) is 5.35. The van der Waals surface area contributed by atoms with E-state index in [4.69, 9.17) is 4.74 Å². The summed E-state index contributed by atoms with van der Waals surface area (Å²) in [6, 6.07) is 9.80. The van der Waals surface area contributed by atoms with Crippen LogP contribution in [0.1, 0.15) is 46.3 Å². The van der Waals surface area contributed by atoms with Gasteiger partial charge in [0.05, 0.1) is 5.92 Å². The van der Waals surface area contributed by atoms with Gasteiger partial charge in [0.2, 0.25) is 0 Å². The van der Waals surface area contributed by atoms with E-state index in [-0.39, 0.29) is 23.4 Å². The van der Waals surface area contributed by atoms with Gasteiger partial charge < -0.3 is 4.74 Å². The maximum atomic E-state index is 12.0. The van der Waals surface area contributed by atoms with E-state index in [1.54, 1.807) is 0 Å². The average molecular weight is 234 g/mol. The second-order valence-electron chi connectivity index (χ2n) is 5.58. The summed E-state index contributed by atoms with van der Waals surface area (Å²) in [5.41, 5.74) is 0.968. The highest BCUT2D eigenvalue weighted by Gasteiger charge is 2.29. The highest BCUT2D eigenvalue weighted by Crippen LogP contribution is 2.28. The molecule has 2 atom stereocenters. The Morgan fingerprint density at radius 2 is 1.65 bits per heavy atom. The normalized spacial score (nSPS) is 15.1. The number of rotatable bonds is 3. The highest BCUT2D eigenvalue weighted by atomic mass is 16.5. The topological polar surface area (TPSA) is 26.3 Å². The van der Waals surface area contributed by atoms with Crippen LogP contribution >= 0.6 is 0 Å². The Morgan fingerprint density at radius 3 is 2.12 bits per heavy atom. The van der Waals surface area contributed by atoms with Gasteiger partial charge in [-0.1, -0.05) is 58.0 Å². The molecule has 0 saturated heterocycles. The van der Waals surface area contributed by atoms with E-state index >= 15 is 0 Å². The van der Waals surface area contributed by atoms with E-state index in [1.807, 2.05) is 65.0 Å². The van der Waals surface area contributed by atoms with Crippen LogP contribution in [0, 0.1) is 11.3 Å². The molecule has 0 aliphatic rings. The largest absolute Gasteiger partial charge is 0.458 e. The average Bonchev–Trinajstić information content (AvgIpc) is 2.27. The smallest absolute Gasteiger partial charge is 0.309 e. The Morgan fingerprint density at radius 1 is 1.12 bits per heavy atom. The third-order valence-electron chi connectivity index (χ3n) is 3.21. The van der Waals surface area contributed by atoms with Crippen LogP contribution < -0.4 is 0 Å².